The Hall–Kier alpha value is -1.31. The molecule has 0 aliphatic rings. The Morgan fingerprint density at radius 2 is 2.00 bits per heavy atom. The summed E-state index contributed by atoms with van der Waals surface area (Å²) in [5, 5.41) is 4.90. The number of hydrogen-bond acceptors (Lipinski definition) is 2. The Balaban J connectivity index is 2.99. The zero-order valence-electron chi connectivity index (χ0n) is 9.97. The number of carbonyl (C=O) groups is 1. The van der Waals surface area contributed by atoms with Gasteiger partial charge in [0.05, 0.1) is 5.02 Å². The zero-order chi connectivity index (χ0) is 14.6. The molecule has 9 heteroatoms. The van der Waals surface area contributed by atoms with E-state index in [4.69, 9.17) is 11.6 Å². The van der Waals surface area contributed by atoms with Crippen molar-refractivity contribution < 1.29 is 22.4 Å². The van der Waals surface area contributed by atoms with Crippen molar-refractivity contribution in [2.24, 2.45) is 0 Å². The lowest BCUT2D eigenvalue weighted by molar-refractivity contribution is -0.121. The SMILES string of the molecule is CCCNC(=O)Cn1nc(C(F)F)c(Cl)c1C(F)F. The topological polar surface area (TPSA) is 46.9 Å². The molecule has 0 bridgehead atoms. The van der Waals surface area contributed by atoms with E-state index in [1.165, 1.54) is 0 Å². The highest BCUT2D eigenvalue weighted by Gasteiger charge is 2.28. The largest absolute Gasteiger partial charge is 0.355 e. The molecule has 4 nitrogen and oxygen atoms in total. The average molecular weight is 302 g/mol. The number of rotatable bonds is 6. The lowest BCUT2D eigenvalue weighted by atomic mass is 10.3. The number of alkyl halides is 4. The quantitative estimate of drug-likeness (QED) is 0.821. The van der Waals surface area contributed by atoms with Gasteiger partial charge in [-0.25, -0.2) is 17.6 Å². The van der Waals surface area contributed by atoms with Crippen molar-refractivity contribution in [1.82, 2.24) is 15.1 Å². The minimum atomic E-state index is -3.09. The van der Waals surface area contributed by atoms with Crippen molar-refractivity contribution in [2.75, 3.05) is 6.54 Å². The summed E-state index contributed by atoms with van der Waals surface area (Å²) in [5.41, 5.74) is -1.82. The molecular weight excluding hydrogens is 290 g/mol. The summed E-state index contributed by atoms with van der Waals surface area (Å²) in [6.45, 7) is 1.59. The van der Waals surface area contributed by atoms with Gasteiger partial charge in [0, 0.05) is 6.54 Å². The van der Waals surface area contributed by atoms with Gasteiger partial charge in [0.1, 0.15) is 17.9 Å². The van der Waals surface area contributed by atoms with Crippen LogP contribution in [-0.4, -0.2) is 22.2 Å². The summed E-state index contributed by atoms with van der Waals surface area (Å²) in [5.74, 6) is -0.594. The highest BCUT2D eigenvalue weighted by atomic mass is 35.5. The molecule has 1 rings (SSSR count). The van der Waals surface area contributed by atoms with Gasteiger partial charge in [0.25, 0.3) is 12.9 Å². The first-order chi connectivity index (χ1) is 8.88. The fourth-order valence-electron chi connectivity index (χ4n) is 1.40. The van der Waals surface area contributed by atoms with Crippen molar-refractivity contribution in [1.29, 1.82) is 0 Å². The molecule has 1 amide bonds. The number of hydrogen-bond donors (Lipinski definition) is 1. The fraction of sp³-hybridized carbons (Fsp3) is 0.600. The number of amides is 1. The predicted molar refractivity (Wildman–Crippen MR) is 60.5 cm³/mol. The Bertz CT molecular complexity index is 450. The van der Waals surface area contributed by atoms with Gasteiger partial charge in [-0.3, -0.25) is 9.48 Å². The maximum absolute atomic E-state index is 12.7. The molecule has 0 aliphatic carbocycles. The van der Waals surface area contributed by atoms with Gasteiger partial charge in [-0.15, -0.1) is 0 Å². The lowest BCUT2D eigenvalue weighted by Crippen LogP contribution is -2.29. The highest BCUT2D eigenvalue weighted by Crippen LogP contribution is 2.34. The van der Waals surface area contributed by atoms with Crippen molar-refractivity contribution >= 4 is 17.5 Å². The first-order valence-corrected chi connectivity index (χ1v) is 5.85. The van der Waals surface area contributed by atoms with E-state index in [0.29, 0.717) is 17.6 Å². The molecule has 1 aromatic rings. The van der Waals surface area contributed by atoms with E-state index < -0.39 is 41.7 Å². The summed E-state index contributed by atoms with van der Waals surface area (Å²) in [6, 6.07) is 0. The Morgan fingerprint density at radius 3 is 2.47 bits per heavy atom. The van der Waals surface area contributed by atoms with Gasteiger partial charge >= 0.3 is 0 Å². The molecule has 1 N–H and O–H groups in total. The molecule has 0 unspecified atom stereocenters. The Labute approximate surface area is 111 Å². The zero-order valence-corrected chi connectivity index (χ0v) is 10.7. The van der Waals surface area contributed by atoms with Crippen LogP contribution in [-0.2, 0) is 11.3 Å². The molecule has 0 saturated heterocycles. The van der Waals surface area contributed by atoms with Crippen LogP contribution >= 0.6 is 11.6 Å². The van der Waals surface area contributed by atoms with Crippen LogP contribution in [0.1, 0.15) is 37.6 Å². The van der Waals surface area contributed by atoms with E-state index in [9.17, 15) is 22.4 Å². The van der Waals surface area contributed by atoms with Gasteiger partial charge in [-0.2, -0.15) is 5.10 Å². The second-order valence-electron chi connectivity index (χ2n) is 3.69. The van der Waals surface area contributed by atoms with Crippen LogP contribution in [0.5, 0.6) is 0 Å². The van der Waals surface area contributed by atoms with Gasteiger partial charge < -0.3 is 5.32 Å². The van der Waals surface area contributed by atoms with Crippen molar-refractivity contribution in [3.8, 4) is 0 Å². The molecule has 1 heterocycles. The van der Waals surface area contributed by atoms with Crippen LogP contribution in [0.15, 0.2) is 0 Å². The molecule has 0 fully saturated rings. The first-order valence-electron chi connectivity index (χ1n) is 5.47. The minimum Gasteiger partial charge on any atom is -0.355 e. The third-order valence-corrected chi connectivity index (χ3v) is 2.62. The predicted octanol–water partition coefficient (Wildman–Crippen LogP) is 2.94. The van der Waals surface area contributed by atoms with Crippen molar-refractivity contribution in [2.45, 2.75) is 32.7 Å². The molecule has 108 valence electrons. The van der Waals surface area contributed by atoms with E-state index in [1.54, 1.807) is 0 Å². The van der Waals surface area contributed by atoms with Crippen LogP contribution in [0.4, 0.5) is 17.6 Å². The summed E-state index contributed by atoms with van der Waals surface area (Å²) in [6.07, 6.45) is -5.51. The summed E-state index contributed by atoms with van der Waals surface area (Å²) >= 11 is 5.43. The molecular formula is C10H12ClF4N3O. The monoisotopic (exact) mass is 301 g/mol. The van der Waals surface area contributed by atoms with Gasteiger partial charge in [-0.05, 0) is 6.42 Å². The van der Waals surface area contributed by atoms with Crippen LogP contribution in [0.3, 0.4) is 0 Å². The minimum absolute atomic E-state index is 0.361. The van der Waals surface area contributed by atoms with E-state index in [2.05, 4.69) is 10.4 Å². The third-order valence-electron chi connectivity index (χ3n) is 2.24. The van der Waals surface area contributed by atoms with Crippen molar-refractivity contribution in [3.05, 3.63) is 16.4 Å². The van der Waals surface area contributed by atoms with E-state index >= 15 is 0 Å². The Kier molecular flexibility index (Phi) is 5.59. The number of aromatic nitrogens is 2. The molecule has 0 aliphatic heterocycles. The van der Waals surface area contributed by atoms with Gasteiger partial charge in [-0.1, -0.05) is 18.5 Å². The van der Waals surface area contributed by atoms with E-state index in [1.807, 2.05) is 6.92 Å². The average Bonchev–Trinajstić information content (AvgIpc) is 2.63. The molecule has 0 aromatic carbocycles. The number of carbonyl (C=O) groups excluding carboxylic acids is 1. The standard InChI is InChI=1S/C10H12ClF4N3O/c1-2-3-16-5(19)4-18-8(10(14)15)6(11)7(17-18)9(12)13/h9-10H,2-4H2,1H3,(H,16,19). The lowest BCUT2D eigenvalue weighted by Gasteiger charge is -2.07. The highest BCUT2D eigenvalue weighted by molar-refractivity contribution is 6.32. The maximum Gasteiger partial charge on any atom is 0.283 e. The molecule has 0 atom stereocenters. The fourth-order valence-corrected chi connectivity index (χ4v) is 1.70. The van der Waals surface area contributed by atoms with E-state index in [0.717, 1.165) is 0 Å². The molecule has 0 saturated carbocycles. The van der Waals surface area contributed by atoms with Crippen LogP contribution < -0.4 is 5.32 Å². The number of halogens is 5. The van der Waals surface area contributed by atoms with Gasteiger partial charge in [0.15, 0.2) is 0 Å². The Morgan fingerprint density at radius 1 is 1.37 bits per heavy atom. The first kappa shape index (κ1) is 15.7. The smallest absolute Gasteiger partial charge is 0.283 e. The molecule has 0 spiro atoms. The van der Waals surface area contributed by atoms with Crippen LogP contribution in [0, 0.1) is 0 Å². The summed E-state index contributed by atoms with van der Waals surface area (Å²) in [4.78, 5) is 11.4. The van der Waals surface area contributed by atoms with Gasteiger partial charge in [0.2, 0.25) is 5.91 Å². The maximum atomic E-state index is 12.7. The third kappa shape index (κ3) is 3.82. The normalized spacial score (nSPS) is 11.4. The summed E-state index contributed by atoms with van der Waals surface area (Å²) in [7, 11) is 0. The number of nitrogens with zero attached hydrogens (tertiary/aromatic N) is 2. The molecule has 0 radical (unpaired) electrons. The number of nitrogens with one attached hydrogen (secondary N) is 1. The molecule has 1 aromatic heterocycles. The van der Waals surface area contributed by atoms with E-state index in [-0.39, 0.29) is 0 Å². The molecule has 19 heavy (non-hydrogen) atoms. The van der Waals surface area contributed by atoms with Crippen molar-refractivity contribution in [3.63, 3.8) is 0 Å². The second-order valence-corrected chi connectivity index (χ2v) is 4.07. The summed E-state index contributed by atoms with van der Waals surface area (Å²) < 4.78 is 51.0. The van der Waals surface area contributed by atoms with Crippen LogP contribution in [0.25, 0.3) is 0 Å². The van der Waals surface area contributed by atoms with Crippen LogP contribution in [0.2, 0.25) is 5.02 Å². The second kappa shape index (κ2) is 6.74.